The molecule has 1 aromatic rings. The highest BCUT2D eigenvalue weighted by molar-refractivity contribution is 5.64. The van der Waals surface area contributed by atoms with Gasteiger partial charge in [0.2, 0.25) is 0 Å². The summed E-state index contributed by atoms with van der Waals surface area (Å²) < 4.78 is 4.60. The molecule has 0 aliphatic rings. The number of hydrogen-bond donors (Lipinski definition) is 1. The van der Waals surface area contributed by atoms with Crippen molar-refractivity contribution >= 4 is 6.09 Å². The summed E-state index contributed by atoms with van der Waals surface area (Å²) in [5.74, 6) is 0. The van der Waals surface area contributed by atoms with Crippen LogP contribution in [0.5, 0.6) is 0 Å². The van der Waals surface area contributed by atoms with Crippen molar-refractivity contribution in [1.82, 2.24) is 4.98 Å². The predicted octanol–water partition coefficient (Wildman–Crippen LogP) is 1.50. The molecule has 1 amide bonds. The topological polar surface area (TPSA) is 65.2 Å². The van der Waals surface area contributed by atoms with Crippen molar-refractivity contribution in [2.45, 2.75) is 19.3 Å². The minimum absolute atomic E-state index is 0.391. The molecular weight excluding hydrogens is 180 g/mol. The Balaban J connectivity index is 2.08. The Hall–Kier alpha value is -1.58. The number of hydrogen-bond acceptors (Lipinski definition) is 3. The van der Waals surface area contributed by atoms with Crippen LogP contribution in [0.1, 0.15) is 18.5 Å². The fourth-order valence-corrected chi connectivity index (χ4v) is 1.13. The number of unbranched alkanes of at least 4 members (excludes halogenated alkanes) is 1. The van der Waals surface area contributed by atoms with Gasteiger partial charge in [-0.2, -0.15) is 0 Å². The molecule has 0 radical (unpaired) electrons. The summed E-state index contributed by atoms with van der Waals surface area (Å²) >= 11 is 0. The molecule has 0 unspecified atom stereocenters. The van der Waals surface area contributed by atoms with E-state index in [-0.39, 0.29) is 0 Å². The van der Waals surface area contributed by atoms with E-state index < -0.39 is 6.09 Å². The molecule has 0 fully saturated rings. The maximum Gasteiger partial charge on any atom is 0.404 e. The maximum atomic E-state index is 10.2. The quantitative estimate of drug-likeness (QED) is 0.722. The van der Waals surface area contributed by atoms with Crippen molar-refractivity contribution in [2.75, 3.05) is 6.61 Å². The molecule has 4 nitrogen and oxygen atoms in total. The summed E-state index contributed by atoms with van der Waals surface area (Å²) in [4.78, 5) is 14.4. The first kappa shape index (κ1) is 10.5. The molecule has 0 saturated carbocycles. The lowest BCUT2D eigenvalue weighted by Gasteiger charge is -2.01. The van der Waals surface area contributed by atoms with Crippen LogP contribution in [0.2, 0.25) is 0 Å². The third kappa shape index (κ3) is 4.45. The van der Waals surface area contributed by atoms with Crippen molar-refractivity contribution in [3.63, 3.8) is 0 Å². The van der Waals surface area contributed by atoms with E-state index in [0.717, 1.165) is 25.0 Å². The van der Waals surface area contributed by atoms with E-state index in [4.69, 9.17) is 5.73 Å². The molecule has 0 aromatic carbocycles. The Labute approximate surface area is 83.1 Å². The third-order valence-electron chi connectivity index (χ3n) is 1.80. The van der Waals surface area contributed by atoms with Gasteiger partial charge in [-0.05, 0) is 31.4 Å². The summed E-state index contributed by atoms with van der Waals surface area (Å²) in [6, 6.07) is 5.83. The van der Waals surface area contributed by atoms with E-state index in [0.29, 0.717) is 6.61 Å². The summed E-state index contributed by atoms with van der Waals surface area (Å²) in [5, 5.41) is 0. The van der Waals surface area contributed by atoms with E-state index in [1.54, 1.807) is 6.20 Å². The Morgan fingerprint density at radius 2 is 2.29 bits per heavy atom. The fourth-order valence-electron chi connectivity index (χ4n) is 1.13. The average molecular weight is 194 g/mol. The standard InChI is InChI=1S/C10H14N2O2/c11-10(13)14-8-4-2-6-9-5-1-3-7-12-9/h1,3,5,7H,2,4,6,8H2,(H2,11,13). The second-order valence-electron chi connectivity index (χ2n) is 2.95. The third-order valence-corrected chi connectivity index (χ3v) is 1.80. The molecule has 0 saturated heterocycles. The van der Waals surface area contributed by atoms with Crippen LogP contribution in [-0.4, -0.2) is 17.7 Å². The van der Waals surface area contributed by atoms with E-state index in [2.05, 4.69) is 9.72 Å². The van der Waals surface area contributed by atoms with Gasteiger partial charge in [0.1, 0.15) is 0 Å². The number of amides is 1. The molecule has 0 spiro atoms. The van der Waals surface area contributed by atoms with Crippen molar-refractivity contribution in [1.29, 1.82) is 0 Å². The van der Waals surface area contributed by atoms with E-state index in [9.17, 15) is 4.79 Å². The molecule has 76 valence electrons. The number of aromatic nitrogens is 1. The van der Waals surface area contributed by atoms with Crippen LogP contribution in [-0.2, 0) is 11.2 Å². The SMILES string of the molecule is NC(=O)OCCCCc1ccccn1. The van der Waals surface area contributed by atoms with Crippen LogP contribution in [0.25, 0.3) is 0 Å². The lowest BCUT2D eigenvalue weighted by molar-refractivity contribution is 0.154. The van der Waals surface area contributed by atoms with Gasteiger partial charge in [-0.3, -0.25) is 4.98 Å². The molecule has 1 rings (SSSR count). The summed E-state index contributed by atoms with van der Waals surface area (Å²) in [6.07, 6.45) is 3.74. The van der Waals surface area contributed by atoms with Gasteiger partial charge in [-0.1, -0.05) is 6.07 Å². The predicted molar refractivity (Wildman–Crippen MR) is 52.7 cm³/mol. The van der Waals surface area contributed by atoms with Crippen LogP contribution < -0.4 is 5.73 Å². The maximum absolute atomic E-state index is 10.2. The minimum Gasteiger partial charge on any atom is -0.450 e. The van der Waals surface area contributed by atoms with Gasteiger partial charge in [0, 0.05) is 11.9 Å². The number of carbonyl (C=O) groups excluding carboxylic acids is 1. The Morgan fingerprint density at radius 3 is 2.93 bits per heavy atom. The molecule has 1 aromatic heterocycles. The number of ether oxygens (including phenoxy) is 1. The largest absolute Gasteiger partial charge is 0.450 e. The Bertz CT molecular complexity index is 275. The number of primary amides is 1. The highest BCUT2D eigenvalue weighted by Crippen LogP contribution is 2.01. The minimum atomic E-state index is -0.706. The number of aryl methyl sites for hydroxylation is 1. The van der Waals surface area contributed by atoms with Gasteiger partial charge in [0.15, 0.2) is 0 Å². The molecule has 2 N–H and O–H groups in total. The molecule has 0 atom stereocenters. The lowest BCUT2D eigenvalue weighted by atomic mass is 10.2. The second-order valence-corrected chi connectivity index (χ2v) is 2.95. The van der Waals surface area contributed by atoms with Gasteiger partial charge in [-0.25, -0.2) is 4.79 Å². The highest BCUT2D eigenvalue weighted by atomic mass is 16.5. The summed E-state index contributed by atoms with van der Waals surface area (Å²) in [5.41, 5.74) is 5.87. The van der Waals surface area contributed by atoms with Crippen molar-refractivity contribution in [3.8, 4) is 0 Å². The normalized spacial score (nSPS) is 9.71. The molecule has 14 heavy (non-hydrogen) atoms. The monoisotopic (exact) mass is 194 g/mol. The van der Waals surface area contributed by atoms with E-state index in [1.165, 1.54) is 0 Å². The van der Waals surface area contributed by atoms with Crippen LogP contribution in [0.3, 0.4) is 0 Å². The summed E-state index contributed by atoms with van der Waals surface area (Å²) in [6.45, 7) is 0.391. The zero-order valence-electron chi connectivity index (χ0n) is 7.98. The van der Waals surface area contributed by atoms with E-state index in [1.807, 2.05) is 18.2 Å². The van der Waals surface area contributed by atoms with Crippen molar-refractivity contribution in [2.24, 2.45) is 5.73 Å². The molecular formula is C10H14N2O2. The fraction of sp³-hybridized carbons (Fsp3) is 0.400. The van der Waals surface area contributed by atoms with Gasteiger partial charge in [0.25, 0.3) is 0 Å². The lowest BCUT2D eigenvalue weighted by Crippen LogP contribution is -2.13. The Morgan fingerprint density at radius 1 is 1.43 bits per heavy atom. The highest BCUT2D eigenvalue weighted by Gasteiger charge is 1.95. The molecule has 0 aliphatic carbocycles. The second kappa shape index (κ2) is 5.96. The molecule has 0 aliphatic heterocycles. The van der Waals surface area contributed by atoms with Crippen LogP contribution in [0.4, 0.5) is 4.79 Å². The van der Waals surface area contributed by atoms with Gasteiger partial charge < -0.3 is 10.5 Å². The van der Waals surface area contributed by atoms with Gasteiger partial charge in [0.05, 0.1) is 6.61 Å². The number of carbonyl (C=O) groups is 1. The van der Waals surface area contributed by atoms with Crippen molar-refractivity contribution < 1.29 is 9.53 Å². The average Bonchev–Trinajstić information content (AvgIpc) is 2.18. The first-order valence-corrected chi connectivity index (χ1v) is 4.61. The Kier molecular flexibility index (Phi) is 4.47. The molecule has 4 heteroatoms. The smallest absolute Gasteiger partial charge is 0.404 e. The summed E-state index contributed by atoms with van der Waals surface area (Å²) in [7, 11) is 0. The van der Waals surface area contributed by atoms with Crippen LogP contribution in [0.15, 0.2) is 24.4 Å². The zero-order chi connectivity index (χ0) is 10.2. The van der Waals surface area contributed by atoms with Crippen molar-refractivity contribution in [3.05, 3.63) is 30.1 Å². The van der Waals surface area contributed by atoms with E-state index >= 15 is 0 Å². The number of nitrogens with two attached hydrogens (primary N) is 1. The molecule has 1 heterocycles. The first-order valence-electron chi connectivity index (χ1n) is 4.61. The first-order chi connectivity index (χ1) is 6.79. The van der Waals surface area contributed by atoms with Gasteiger partial charge in [-0.15, -0.1) is 0 Å². The van der Waals surface area contributed by atoms with Crippen LogP contribution >= 0.6 is 0 Å². The molecule has 0 bridgehead atoms. The number of pyridine rings is 1. The van der Waals surface area contributed by atoms with Crippen LogP contribution in [0, 0.1) is 0 Å². The number of rotatable bonds is 5. The van der Waals surface area contributed by atoms with Gasteiger partial charge >= 0.3 is 6.09 Å². The zero-order valence-corrected chi connectivity index (χ0v) is 7.98. The number of nitrogens with zero attached hydrogens (tertiary/aromatic N) is 1.